The molecule has 2 aromatic rings. The van der Waals surface area contributed by atoms with Gasteiger partial charge >= 0.3 is 0 Å². The van der Waals surface area contributed by atoms with Crippen LogP contribution in [0.1, 0.15) is 11.1 Å². The van der Waals surface area contributed by atoms with Crippen molar-refractivity contribution in [3.8, 4) is 11.5 Å². The van der Waals surface area contributed by atoms with Gasteiger partial charge in [-0.2, -0.15) is 0 Å². The summed E-state index contributed by atoms with van der Waals surface area (Å²) in [5.41, 5.74) is 2.02. The molecular formula is C20H20N4O4. The number of amidine groups is 2. The summed E-state index contributed by atoms with van der Waals surface area (Å²) in [5.74, 6) is 2.36. The number of aliphatic hydroxyl groups is 2. The molecule has 0 spiro atoms. The van der Waals surface area contributed by atoms with Crippen LogP contribution in [0.25, 0.3) is 5.76 Å². The van der Waals surface area contributed by atoms with E-state index in [-0.39, 0.29) is 19.0 Å². The van der Waals surface area contributed by atoms with Gasteiger partial charge in [0, 0.05) is 36.1 Å². The molecule has 1 aromatic carbocycles. The van der Waals surface area contributed by atoms with E-state index in [4.69, 9.17) is 19.6 Å². The molecule has 0 fully saturated rings. The third-order valence-corrected chi connectivity index (χ3v) is 4.46. The molecule has 0 unspecified atom stereocenters. The van der Waals surface area contributed by atoms with Crippen molar-refractivity contribution >= 4 is 23.1 Å². The number of ether oxygens (including phenoxy) is 2. The highest BCUT2D eigenvalue weighted by molar-refractivity contribution is 6.20. The first kappa shape index (κ1) is 18.0. The van der Waals surface area contributed by atoms with Crippen LogP contribution >= 0.6 is 0 Å². The summed E-state index contributed by atoms with van der Waals surface area (Å²) in [7, 11) is 1.54. The number of hydrogen-bond donors (Lipinski definition) is 2. The van der Waals surface area contributed by atoms with Gasteiger partial charge < -0.3 is 24.6 Å². The van der Waals surface area contributed by atoms with E-state index >= 15 is 0 Å². The van der Waals surface area contributed by atoms with E-state index in [9.17, 15) is 5.11 Å². The molecule has 28 heavy (non-hydrogen) atoms. The molecule has 0 saturated carbocycles. The second-order valence-corrected chi connectivity index (χ2v) is 6.16. The first-order valence-electron chi connectivity index (χ1n) is 8.89. The van der Waals surface area contributed by atoms with Crippen molar-refractivity contribution in [2.24, 2.45) is 9.98 Å². The van der Waals surface area contributed by atoms with Crippen molar-refractivity contribution in [1.82, 2.24) is 9.88 Å². The lowest BCUT2D eigenvalue weighted by Gasteiger charge is -2.27. The second kappa shape index (κ2) is 7.69. The van der Waals surface area contributed by atoms with Crippen molar-refractivity contribution in [2.45, 2.75) is 0 Å². The lowest BCUT2D eigenvalue weighted by atomic mass is 10.1. The van der Waals surface area contributed by atoms with Gasteiger partial charge in [0.1, 0.15) is 29.7 Å². The molecule has 3 heterocycles. The summed E-state index contributed by atoms with van der Waals surface area (Å²) in [4.78, 5) is 15.3. The highest BCUT2D eigenvalue weighted by Crippen LogP contribution is 2.43. The Morgan fingerprint density at radius 2 is 2.21 bits per heavy atom. The molecule has 0 aliphatic carbocycles. The highest BCUT2D eigenvalue weighted by Gasteiger charge is 2.31. The number of aromatic nitrogens is 1. The maximum atomic E-state index is 10.5. The van der Waals surface area contributed by atoms with Crippen LogP contribution in [0.2, 0.25) is 0 Å². The minimum absolute atomic E-state index is 0.0631. The number of methoxy groups -OCH3 is 1. The van der Waals surface area contributed by atoms with Crippen LogP contribution in [0.3, 0.4) is 0 Å². The molecule has 0 radical (unpaired) electrons. The fourth-order valence-electron chi connectivity index (χ4n) is 3.22. The maximum Gasteiger partial charge on any atom is 0.187 e. The van der Waals surface area contributed by atoms with Crippen molar-refractivity contribution < 1.29 is 19.7 Å². The van der Waals surface area contributed by atoms with Gasteiger partial charge in [0.2, 0.25) is 0 Å². The molecule has 144 valence electrons. The molecule has 2 aliphatic heterocycles. The van der Waals surface area contributed by atoms with E-state index in [1.807, 2.05) is 11.0 Å². The van der Waals surface area contributed by atoms with Crippen LogP contribution in [-0.2, 0) is 0 Å². The van der Waals surface area contributed by atoms with Crippen molar-refractivity contribution in [3.05, 3.63) is 53.9 Å². The number of aliphatic imine (C=N–C) groups is 2. The van der Waals surface area contributed by atoms with Crippen molar-refractivity contribution in [2.75, 3.05) is 33.4 Å². The first-order chi connectivity index (χ1) is 13.7. The van der Waals surface area contributed by atoms with E-state index in [2.05, 4.69) is 9.98 Å². The van der Waals surface area contributed by atoms with Crippen LogP contribution in [0.15, 0.2) is 52.7 Å². The molecule has 0 atom stereocenters. The zero-order valence-corrected chi connectivity index (χ0v) is 15.4. The number of rotatable bonds is 6. The third-order valence-electron chi connectivity index (χ3n) is 4.46. The van der Waals surface area contributed by atoms with E-state index in [1.54, 1.807) is 43.8 Å². The average Bonchev–Trinajstić information content (AvgIpc) is 3.23. The topological polar surface area (TPSA) is 99.8 Å². The Hall–Kier alpha value is -3.39. The summed E-state index contributed by atoms with van der Waals surface area (Å²) < 4.78 is 11.1. The summed E-state index contributed by atoms with van der Waals surface area (Å²) in [6.07, 6.45) is 4.83. The molecule has 0 bridgehead atoms. The van der Waals surface area contributed by atoms with Gasteiger partial charge in [0.25, 0.3) is 0 Å². The lowest BCUT2D eigenvalue weighted by Crippen LogP contribution is -2.36. The zero-order valence-electron chi connectivity index (χ0n) is 15.4. The van der Waals surface area contributed by atoms with Gasteiger partial charge in [0.05, 0.1) is 20.3 Å². The molecule has 0 amide bonds. The standard InChI is InChI=1S/C20H20N4O4/c1-27-19-16(28-10-9-25)5-4-14-18(19)23-17(24-8-7-22-20(14)24)11-15(26)13-3-2-6-21-12-13/h2-6,11-12,25-26H,7-10H2,1H3. The van der Waals surface area contributed by atoms with Crippen LogP contribution < -0.4 is 9.47 Å². The Labute approximate surface area is 162 Å². The Morgan fingerprint density at radius 1 is 1.32 bits per heavy atom. The summed E-state index contributed by atoms with van der Waals surface area (Å²) in [6.45, 7) is 1.37. The minimum Gasteiger partial charge on any atom is -0.507 e. The molecule has 8 nitrogen and oxygen atoms in total. The summed E-state index contributed by atoms with van der Waals surface area (Å²) >= 11 is 0. The smallest absolute Gasteiger partial charge is 0.187 e. The number of fused-ring (bicyclic) bond motifs is 3. The number of pyridine rings is 1. The monoisotopic (exact) mass is 380 g/mol. The van der Waals surface area contributed by atoms with E-state index in [0.717, 1.165) is 11.4 Å². The van der Waals surface area contributed by atoms with Gasteiger partial charge in [0.15, 0.2) is 11.5 Å². The molecule has 2 N–H and O–H groups in total. The molecule has 8 heteroatoms. The minimum atomic E-state index is -0.100. The summed E-state index contributed by atoms with van der Waals surface area (Å²) in [6, 6.07) is 7.20. The quantitative estimate of drug-likeness (QED) is 0.745. The fourth-order valence-corrected chi connectivity index (χ4v) is 3.22. The van der Waals surface area contributed by atoms with Gasteiger partial charge in [-0.25, -0.2) is 4.99 Å². The van der Waals surface area contributed by atoms with Gasteiger partial charge in [-0.3, -0.25) is 9.98 Å². The maximum absolute atomic E-state index is 10.5. The first-order valence-corrected chi connectivity index (χ1v) is 8.89. The van der Waals surface area contributed by atoms with Crippen LogP contribution in [0.4, 0.5) is 5.69 Å². The molecule has 2 aliphatic rings. The molecule has 1 aromatic heterocycles. The number of aliphatic hydroxyl groups excluding tert-OH is 2. The Balaban J connectivity index is 1.81. The SMILES string of the molecule is COc1c(OCCO)ccc2c1N=C(C=C(O)c1cccnc1)N1CCN=C21. The van der Waals surface area contributed by atoms with Crippen molar-refractivity contribution in [3.63, 3.8) is 0 Å². The fraction of sp³-hybridized carbons (Fsp3) is 0.250. The highest BCUT2D eigenvalue weighted by atomic mass is 16.5. The van der Waals surface area contributed by atoms with E-state index < -0.39 is 0 Å². The van der Waals surface area contributed by atoms with Crippen LogP contribution in [0.5, 0.6) is 11.5 Å². The van der Waals surface area contributed by atoms with Crippen LogP contribution in [0, 0.1) is 0 Å². The number of hydrogen-bond acceptors (Lipinski definition) is 8. The predicted molar refractivity (Wildman–Crippen MR) is 106 cm³/mol. The lowest BCUT2D eigenvalue weighted by molar-refractivity contribution is 0.196. The average molecular weight is 380 g/mol. The van der Waals surface area contributed by atoms with Gasteiger partial charge in [-0.1, -0.05) is 0 Å². The normalized spacial score (nSPS) is 15.5. The summed E-state index contributed by atoms with van der Waals surface area (Å²) in [5, 5.41) is 19.6. The van der Waals surface area contributed by atoms with E-state index in [1.165, 1.54) is 0 Å². The Bertz CT molecular complexity index is 970. The second-order valence-electron chi connectivity index (χ2n) is 6.16. The van der Waals surface area contributed by atoms with Gasteiger partial charge in [-0.05, 0) is 24.3 Å². The third kappa shape index (κ3) is 3.18. The predicted octanol–water partition coefficient (Wildman–Crippen LogP) is 2.17. The van der Waals surface area contributed by atoms with Gasteiger partial charge in [-0.15, -0.1) is 0 Å². The Kier molecular flexibility index (Phi) is 4.94. The molecule has 0 saturated heterocycles. The molecular weight excluding hydrogens is 360 g/mol. The van der Waals surface area contributed by atoms with E-state index in [0.29, 0.717) is 41.7 Å². The number of nitrogens with zero attached hydrogens (tertiary/aromatic N) is 4. The number of benzene rings is 1. The zero-order chi connectivity index (χ0) is 19.5. The largest absolute Gasteiger partial charge is 0.507 e. The van der Waals surface area contributed by atoms with Crippen LogP contribution in [-0.4, -0.2) is 65.2 Å². The Morgan fingerprint density at radius 3 is 2.96 bits per heavy atom. The van der Waals surface area contributed by atoms with Crippen molar-refractivity contribution in [1.29, 1.82) is 0 Å². The molecule has 4 rings (SSSR count).